The van der Waals surface area contributed by atoms with Crippen LogP contribution in [-0.4, -0.2) is 10.8 Å². The molecule has 1 aromatic rings. The Balaban J connectivity index is 1.92. The summed E-state index contributed by atoms with van der Waals surface area (Å²) in [6.45, 7) is 4.50. The maximum absolute atomic E-state index is 5.57. The van der Waals surface area contributed by atoms with Crippen molar-refractivity contribution in [3.05, 3.63) is 30.3 Å². The molecule has 128 valence electrons. The zero-order chi connectivity index (χ0) is 16.5. The van der Waals surface area contributed by atoms with Crippen molar-refractivity contribution in [3.63, 3.8) is 0 Å². The van der Waals surface area contributed by atoms with Gasteiger partial charge in [-0.1, -0.05) is 70.6 Å². The van der Waals surface area contributed by atoms with Crippen LogP contribution in [0.15, 0.2) is 30.3 Å². The summed E-state index contributed by atoms with van der Waals surface area (Å²) in [4.78, 5) is 0. The maximum atomic E-state index is 5.57. The molecule has 0 saturated carbocycles. The van der Waals surface area contributed by atoms with Crippen LogP contribution in [0, 0.1) is 0 Å². The third-order valence-corrected chi connectivity index (χ3v) is 4.81. The van der Waals surface area contributed by atoms with Gasteiger partial charge in [-0.05, 0) is 43.6 Å². The number of hydrogen-bond donors (Lipinski definition) is 2. The molecule has 2 N–H and O–H groups in total. The molecule has 0 aromatic heterocycles. The first-order valence-electron chi connectivity index (χ1n) is 9.16. The summed E-state index contributed by atoms with van der Waals surface area (Å²) in [5.41, 5.74) is 4.68. The summed E-state index contributed by atoms with van der Waals surface area (Å²) < 4.78 is 0. The van der Waals surface area contributed by atoms with E-state index >= 15 is 0 Å². The Morgan fingerprint density at radius 3 is 2.30 bits per heavy atom. The van der Waals surface area contributed by atoms with Crippen LogP contribution in [0.5, 0.6) is 0 Å². The van der Waals surface area contributed by atoms with E-state index in [1.807, 2.05) is 23.2 Å². The lowest BCUT2D eigenvalue weighted by molar-refractivity contribution is 0.278. The van der Waals surface area contributed by atoms with E-state index in [0.29, 0.717) is 0 Å². The molecule has 1 unspecified atom stereocenters. The number of rotatable bonds is 10. The molecule has 0 spiro atoms. The lowest BCUT2D eigenvalue weighted by Crippen LogP contribution is -2.51. The van der Waals surface area contributed by atoms with E-state index in [-0.39, 0.29) is 5.66 Å². The predicted octanol–water partition coefficient (Wildman–Crippen LogP) is 5.13. The van der Waals surface area contributed by atoms with E-state index in [4.69, 9.17) is 12.2 Å². The Morgan fingerprint density at radius 2 is 1.61 bits per heavy atom. The fourth-order valence-electron chi connectivity index (χ4n) is 3.31. The van der Waals surface area contributed by atoms with Crippen LogP contribution in [-0.2, 0) is 0 Å². The zero-order valence-corrected chi connectivity index (χ0v) is 15.4. The Hall–Kier alpha value is -1.13. The Kier molecular flexibility index (Phi) is 7.31. The van der Waals surface area contributed by atoms with Crippen LogP contribution in [0.2, 0.25) is 0 Å². The highest BCUT2D eigenvalue weighted by Gasteiger charge is 2.39. The van der Waals surface area contributed by atoms with Crippen molar-refractivity contribution in [2.24, 2.45) is 0 Å². The van der Waals surface area contributed by atoms with Crippen molar-refractivity contribution in [3.8, 4) is 0 Å². The molecule has 1 atom stereocenters. The highest BCUT2D eigenvalue weighted by molar-refractivity contribution is 7.80. The van der Waals surface area contributed by atoms with E-state index in [1.165, 1.54) is 38.5 Å². The molecule has 3 nitrogen and oxygen atoms in total. The normalized spacial score (nSPS) is 20.8. The van der Waals surface area contributed by atoms with Gasteiger partial charge in [0, 0.05) is 0 Å². The molecule has 0 bridgehead atoms. The molecular formula is C19H31N3S. The zero-order valence-electron chi connectivity index (χ0n) is 14.6. The average Bonchev–Trinajstić information content (AvgIpc) is 2.89. The van der Waals surface area contributed by atoms with Crippen LogP contribution in [0.4, 0.5) is 5.69 Å². The van der Waals surface area contributed by atoms with Crippen LogP contribution >= 0.6 is 12.2 Å². The SMILES string of the molecule is CCCCCCCCC1(CCC)NC(=S)N(c2ccccc2)N1. The Bertz CT molecular complexity index is 477. The van der Waals surface area contributed by atoms with Crippen LogP contribution < -0.4 is 15.8 Å². The van der Waals surface area contributed by atoms with Gasteiger partial charge in [-0.2, -0.15) is 0 Å². The van der Waals surface area contributed by atoms with Gasteiger partial charge in [0.05, 0.1) is 5.69 Å². The first-order chi connectivity index (χ1) is 11.2. The molecule has 1 heterocycles. The monoisotopic (exact) mass is 333 g/mol. The lowest BCUT2D eigenvalue weighted by Gasteiger charge is -2.30. The van der Waals surface area contributed by atoms with Crippen molar-refractivity contribution < 1.29 is 0 Å². The number of anilines is 1. The van der Waals surface area contributed by atoms with Crippen LogP contribution in [0.1, 0.15) is 71.6 Å². The number of nitrogens with one attached hydrogen (secondary N) is 2. The molecule has 0 aliphatic carbocycles. The second-order valence-electron chi connectivity index (χ2n) is 6.56. The largest absolute Gasteiger partial charge is 0.342 e. The molecule has 1 fully saturated rings. The molecule has 0 amide bonds. The highest BCUT2D eigenvalue weighted by Crippen LogP contribution is 2.27. The maximum Gasteiger partial charge on any atom is 0.189 e. The van der Waals surface area contributed by atoms with Crippen molar-refractivity contribution in [1.82, 2.24) is 10.7 Å². The van der Waals surface area contributed by atoms with Gasteiger partial charge in [0.1, 0.15) is 5.66 Å². The summed E-state index contributed by atoms with van der Waals surface area (Å²) in [6.07, 6.45) is 11.3. The van der Waals surface area contributed by atoms with Gasteiger partial charge in [-0.15, -0.1) is 0 Å². The van der Waals surface area contributed by atoms with E-state index in [9.17, 15) is 0 Å². The van der Waals surface area contributed by atoms with Crippen LogP contribution in [0.25, 0.3) is 0 Å². The van der Waals surface area contributed by atoms with Gasteiger partial charge in [0.2, 0.25) is 0 Å². The summed E-state index contributed by atoms with van der Waals surface area (Å²) >= 11 is 5.57. The van der Waals surface area contributed by atoms with E-state index in [1.54, 1.807) is 0 Å². The van der Waals surface area contributed by atoms with E-state index in [2.05, 4.69) is 36.7 Å². The number of nitrogens with zero attached hydrogens (tertiary/aromatic N) is 1. The molecule has 23 heavy (non-hydrogen) atoms. The van der Waals surface area contributed by atoms with Gasteiger partial charge in [0.25, 0.3) is 0 Å². The molecule has 1 aliphatic rings. The Morgan fingerprint density at radius 1 is 0.913 bits per heavy atom. The van der Waals surface area contributed by atoms with Crippen molar-refractivity contribution in [2.75, 3.05) is 5.01 Å². The number of para-hydroxylation sites is 1. The minimum absolute atomic E-state index is 0.0770. The number of hydrogen-bond acceptors (Lipinski definition) is 2. The van der Waals surface area contributed by atoms with Gasteiger partial charge < -0.3 is 5.32 Å². The predicted molar refractivity (Wildman–Crippen MR) is 103 cm³/mol. The third-order valence-electron chi connectivity index (χ3n) is 4.52. The molecule has 1 aromatic carbocycles. The smallest absolute Gasteiger partial charge is 0.189 e. The van der Waals surface area contributed by atoms with Crippen molar-refractivity contribution in [1.29, 1.82) is 0 Å². The van der Waals surface area contributed by atoms with Gasteiger partial charge >= 0.3 is 0 Å². The number of thiocarbonyl (C=S) groups is 1. The fourth-order valence-corrected chi connectivity index (χ4v) is 3.65. The van der Waals surface area contributed by atoms with E-state index in [0.717, 1.165) is 30.1 Å². The summed E-state index contributed by atoms with van der Waals surface area (Å²) in [5, 5.41) is 6.38. The third kappa shape index (κ3) is 5.18. The van der Waals surface area contributed by atoms with Crippen molar-refractivity contribution >= 4 is 23.0 Å². The first kappa shape index (κ1) is 18.2. The average molecular weight is 334 g/mol. The minimum atomic E-state index is -0.0770. The lowest BCUT2D eigenvalue weighted by atomic mass is 9.97. The van der Waals surface area contributed by atoms with Gasteiger partial charge in [-0.3, -0.25) is 5.01 Å². The second-order valence-corrected chi connectivity index (χ2v) is 6.95. The number of benzene rings is 1. The quantitative estimate of drug-likeness (QED) is 0.458. The highest BCUT2D eigenvalue weighted by atomic mass is 32.1. The van der Waals surface area contributed by atoms with Gasteiger partial charge in [0.15, 0.2) is 5.11 Å². The summed E-state index contributed by atoms with van der Waals surface area (Å²) in [6, 6.07) is 10.3. The number of hydrazine groups is 1. The summed E-state index contributed by atoms with van der Waals surface area (Å²) in [5.74, 6) is 0. The molecule has 2 rings (SSSR count). The molecular weight excluding hydrogens is 302 g/mol. The van der Waals surface area contributed by atoms with Crippen molar-refractivity contribution in [2.45, 2.75) is 77.3 Å². The first-order valence-corrected chi connectivity index (χ1v) is 9.57. The fraction of sp³-hybridized carbons (Fsp3) is 0.632. The standard InChI is InChI=1S/C19H31N3S/c1-3-5-6-7-8-12-16-19(15-4-2)20-18(23)22(21-19)17-13-10-9-11-14-17/h9-11,13-14,21H,3-8,12,15-16H2,1-2H3,(H,20,23). The molecule has 1 saturated heterocycles. The van der Waals surface area contributed by atoms with Gasteiger partial charge in [-0.25, -0.2) is 5.43 Å². The van der Waals surface area contributed by atoms with E-state index < -0.39 is 0 Å². The second kappa shape index (κ2) is 9.24. The minimum Gasteiger partial charge on any atom is -0.342 e. The van der Waals surface area contributed by atoms with Crippen LogP contribution in [0.3, 0.4) is 0 Å². The summed E-state index contributed by atoms with van der Waals surface area (Å²) in [7, 11) is 0. The molecule has 0 radical (unpaired) electrons. The number of unbranched alkanes of at least 4 members (excludes halogenated alkanes) is 5. The molecule has 4 heteroatoms. The topological polar surface area (TPSA) is 27.3 Å². The Labute approximate surface area is 146 Å². The molecule has 1 aliphatic heterocycles.